The molecule has 7 nitrogen and oxygen atoms in total. The molecule has 0 amide bonds. The molecule has 1 saturated heterocycles. The van der Waals surface area contributed by atoms with Crippen molar-refractivity contribution in [3.63, 3.8) is 0 Å². The summed E-state index contributed by atoms with van der Waals surface area (Å²) in [5.74, 6) is -3.16. The SMILES string of the molecule is O=C(c1ccccn1)[C@]12Cc3cnn(-c4ccc(F)cc4)c3C=C1CCN(S(=O)(=O)c1ccc(F)c(F)c1)C2. The molecular formula is C28H21F3N4O3S. The molecule has 0 saturated carbocycles. The molecule has 2 aromatic carbocycles. The first-order chi connectivity index (χ1) is 18.7. The largest absolute Gasteiger partial charge is 0.291 e. The van der Waals surface area contributed by atoms with E-state index in [4.69, 9.17) is 0 Å². The number of aromatic nitrogens is 3. The molecule has 6 rings (SSSR count). The normalized spacial score (nSPS) is 19.2. The fraction of sp³-hybridized carbons (Fsp3) is 0.179. The summed E-state index contributed by atoms with van der Waals surface area (Å²) in [4.78, 5) is 17.9. The van der Waals surface area contributed by atoms with Crippen molar-refractivity contribution in [1.82, 2.24) is 19.1 Å². The smallest absolute Gasteiger partial charge is 0.243 e. The second-order valence-corrected chi connectivity index (χ2v) is 11.5. The van der Waals surface area contributed by atoms with Crippen molar-refractivity contribution >= 4 is 21.9 Å². The molecule has 39 heavy (non-hydrogen) atoms. The zero-order valence-electron chi connectivity index (χ0n) is 20.4. The number of nitrogens with zero attached hydrogens (tertiary/aromatic N) is 4. The van der Waals surface area contributed by atoms with Gasteiger partial charge in [-0.05, 0) is 79.1 Å². The van der Waals surface area contributed by atoms with E-state index in [2.05, 4.69) is 10.1 Å². The number of carbonyl (C=O) groups is 1. The number of carbonyl (C=O) groups excluding carboxylic acids is 1. The highest BCUT2D eigenvalue weighted by atomic mass is 32.2. The minimum absolute atomic E-state index is 0.0322. The van der Waals surface area contributed by atoms with E-state index < -0.39 is 32.0 Å². The summed E-state index contributed by atoms with van der Waals surface area (Å²) in [7, 11) is -4.25. The molecule has 0 unspecified atom stereocenters. The predicted octanol–water partition coefficient (Wildman–Crippen LogP) is 4.59. The van der Waals surface area contributed by atoms with E-state index in [1.165, 1.54) is 18.3 Å². The third-order valence-electron chi connectivity index (χ3n) is 7.31. The Labute approximate surface area is 222 Å². The lowest BCUT2D eigenvalue weighted by molar-refractivity contribution is 0.0770. The standard InChI is InChI=1S/C28H21F3N4O3S/c29-20-4-6-21(7-5-20)35-26-13-19-10-12-34(39(37,38)22-8-9-23(30)24(31)14-22)17-28(19,15-18(26)16-33-35)27(36)25-3-1-2-11-32-25/h1-9,11,13-14,16H,10,12,15,17H2/t28-/m0/s1. The van der Waals surface area contributed by atoms with Gasteiger partial charge in [-0.1, -0.05) is 11.6 Å². The molecule has 2 aromatic heterocycles. The molecule has 0 bridgehead atoms. The number of sulfonamides is 1. The van der Waals surface area contributed by atoms with E-state index in [1.54, 1.807) is 41.2 Å². The molecule has 11 heteroatoms. The van der Waals surface area contributed by atoms with Gasteiger partial charge in [-0.25, -0.2) is 26.3 Å². The van der Waals surface area contributed by atoms with Gasteiger partial charge in [0.1, 0.15) is 11.5 Å². The Bertz CT molecular complexity index is 1740. The number of Topliss-reactive ketones (excluding diaryl/α,β-unsaturated/α-hetero) is 1. The van der Waals surface area contributed by atoms with Crippen molar-refractivity contribution in [2.45, 2.75) is 17.7 Å². The number of hydrogen-bond donors (Lipinski definition) is 0. The summed E-state index contributed by atoms with van der Waals surface area (Å²) >= 11 is 0. The van der Waals surface area contributed by atoms with Crippen LogP contribution in [0, 0.1) is 22.9 Å². The Morgan fingerprint density at radius 2 is 1.77 bits per heavy atom. The van der Waals surface area contributed by atoms with Crippen molar-refractivity contribution < 1.29 is 26.4 Å². The maximum Gasteiger partial charge on any atom is 0.243 e. The molecule has 3 heterocycles. The highest BCUT2D eigenvalue weighted by Crippen LogP contribution is 2.47. The van der Waals surface area contributed by atoms with Gasteiger partial charge in [0.2, 0.25) is 10.0 Å². The number of rotatable bonds is 5. The van der Waals surface area contributed by atoms with Gasteiger partial charge >= 0.3 is 0 Å². The lowest BCUT2D eigenvalue weighted by Crippen LogP contribution is -2.53. The highest BCUT2D eigenvalue weighted by molar-refractivity contribution is 7.89. The van der Waals surface area contributed by atoms with Crippen LogP contribution in [0.1, 0.15) is 28.2 Å². The lowest BCUT2D eigenvalue weighted by atomic mass is 9.65. The van der Waals surface area contributed by atoms with Gasteiger partial charge in [0.25, 0.3) is 0 Å². The van der Waals surface area contributed by atoms with Crippen LogP contribution in [0.15, 0.2) is 83.5 Å². The van der Waals surface area contributed by atoms with Gasteiger partial charge in [-0.2, -0.15) is 9.40 Å². The monoisotopic (exact) mass is 550 g/mol. The molecule has 1 aliphatic heterocycles. The van der Waals surface area contributed by atoms with Gasteiger partial charge in [0.05, 0.1) is 27.9 Å². The van der Waals surface area contributed by atoms with E-state index in [-0.39, 0.29) is 43.2 Å². The fourth-order valence-corrected chi connectivity index (χ4v) is 6.85. The van der Waals surface area contributed by atoms with E-state index in [1.807, 2.05) is 6.08 Å². The van der Waals surface area contributed by atoms with Crippen molar-refractivity contribution in [2.75, 3.05) is 13.1 Å². The Balaban J connectivity index is 1.45. The van der Waals surface area contributed by atoms with Crippen molar-refractivity contribution in [2.24, 2.45) is 5.41 Å². The zero-order chi connectivity index (χ0) is 27.4. The number of ketones is 1. The van der Waals surface area contributed by atoms with Crippen LogP contribution in [0.25, 0.3) is 11.8 Å². The Morgan fingerprint density at radius 3 is 2.49 bits per heavy atom. The Hall–Kier alpha value is -4.09. The third kappa shape index (κ3) is 4.18. The average Bonchev–Trinajstić information content (AvgIpc) is 3.35. The van der Waals surface area contributed by atoms with Crippen LogP contribution >= 0.6 is 0 Å². The molecule has 1 atom stereocenters. The maximum absolute atomic E-state index is 14.1. The van der Waals surface area contributed by atoms with Crippen LogP contribution < -0.4 is 0 Å². The molecule has 0 radical (unpaired) electrons. The second kappa shape index (κ2) is 9.28. The quantitative estimate of drug-likeness (QED) is 0.340. The number of fused-ring (bicyclic) bond motifs is 2. The minimum Gasteiger partial charge on any atom is -0.291 e. The molecule has 4 aromatic rings. The van der Waals surface area contributed by atoms with E-state index >= 15 is 0 Å². The zero-order valence-corrected chi connectivity index (χ0v) is 21.2. The number of halogens is 3. The second-order valence-electron chi connectivity index (χ2n) is 9.58. The van der Waals surface area contributed by atoms with Gasteiger partial charge in [0, 0.05) is 19.3 Å². The molecule has 0 spiro atoms. The van der Waals surface area contributed by atoms with Gasteiger partial charge < -0.3 is 0 Å². The number of pyridine rings is 1. The average molecular weight is 551 g/mol. The molecule has 198 valence electrons. The summed E-state index contributed by atoms with van der Waals surface area (Å²) in [6.07, 6.45) is 5.32. The van der Waals surface area contributed by atoms with E-state index in [0.29, 0.717) is 22.9 Å². The summed E-state index contributed by atoms with van der Waals surface area (Å²) in [5.41, 5.74) is 1.67. The van der Waals surface area contributed by atoms with Gasteiger partial charge in [0.15, 0.2) is 17.4 Å². The Morgan fingerprint density at radius 1 is 0.974 bits per heavy atom. The van der Waals surface area contributed by atoms with Crippen LogP contribution in [0.2, 0.25) is 0 Å². The molecule has 1 aliphatic carbocycles. The fourth-order valence-electron chi connectivity index (χ4n) is 5.34. The first kappa shape index (κ1) is 25.2. The molecule has 0 N–H and O–H groups in total. The van der Waals surface area contributed by atoms with E-state index in [0.717, 1.165) is 22.1 Å². The van der Waals surface area contributed by atoms with Crippen molar-refractivity contribution in [3.05, 3.63) is 113 Å². The Kier molecular flexibility index (Phi) is 6.00. The lowest BCUT2D eigenvalue weighted by Gasteiger charge is -2.44. The molecule has 2 aliphatic rings. The summed E-state index contributed by atoms with van der Waals surface area (Å²) < 4.78 is 70.8. The summed E-state index contributed by atoms with van der Waals surface area (Å²) in [6.45, 7) is -0.179. The number of hydrogen-bond acceptors (Lipinski definition) is 5. The number of piperidine rings is 1. The van der Waals surface area contributed by atoms with E-state index in [9.17, 15) is 26.4 Å². The summed E-state index contributed by atoms with van der Waals surface area (Å²) in [6, 6.07) is 13.2. The van der Waals surface area contributed by atoms with Gasteiger partial charge in [-0.15, -0.1) is 0 Å². The molecule has 1 fully saturated rings. The minimum atomic E-state index is -4.25. The van der Waals surface area contributed by atoms with Crippen LogP contribution in [-0.2, 0) is 16.4 Å². The van der Waals surface area contributed by atoms with Crippen LogP contribution in [0.4, 0.5) is 13.2 Å². The first-order valence-electron chi connectivity index (χ1n) is 12.1. The first-order valence-corrected chi connectivity index (χ1v) is 13.6. The summed E-state index contributed by atoms with van der Waals surface area (Å²) in [5, 5.41) is 4.47. The van der Waals surface area contributed by atoms with Crippen LogP contribution in [0.5, 0.6) is 0 Å². The van der Waals surface area contributed by atoms with Gasteiger partial charge in [-0.3, -0.25) is 9.78 Å². The number of benzene rings is 2. The van der Waals surface area contributed by atoms with Crippen LogP contribution in [0.3, 0.4) is 0 Å². The maximum atomic E-state index is 14.1. The third-order valence-corrected chi connectivity index (χ3v) is 9.15. The topological polar surface area (TPSA) is 85.2 Å². The highest BCUT2D eigenvalue weighted by Gasteiger charge is 2.51. The predicted molar refractivity (Wildman–Crippen MR) is 136 cm³/mol. The van der Waals surface area contributed by atoms with Crippen LogP contribution in [-0.4, -0.2) is 46.4 Å². The van der Waals surface area contributed by atoms with Crippen molar-refractivity contribution in [1.29, 1.82) is 0 Å². The van der Waals surface area contributed by atoms with Crippen molar-refractivity contribution in [3.8, 4) is 5.69 Å². The molecular weight excluding hydrogens is 529 g/mol.